The van der Waals surface area contributed by atoms with Crippen LogP contribution in [0.4, 0.5) is 0 Å². The van der Waals surface area contributed by atoms with E-state index in [-0.39, 0.29) is 0 Å². The topological polar surface area (TPSA) is 21.3 Å². The normalized spacial score (nSPS) is 11.1. The zero-order valence-electron chi connectivity index (χ0n) is 13.9. The highest BCUT2D eigenvalue weighted by molar-refractivity contribution is 6.42. The summed E-state index contributed by atoms with van der Waals surface area (Å²) in [5.41, 5.74) is 2.02. The first-order valence-electron chi connectivity index (χ1n) is 8.01. The number of benzene rings is 2. The van der Waals surface area contributed by atoms with Gasteiger partial charge in [0, 0.05) is 17.1 Å². The van der Waals surface area contributed by atoms with Crippen molar-refractivity contribution in [2.45, 2.75) is 33.4 Å². The molecular formula is C19H22Cl3NO. The van der Waals surface area contributed by atoms with Crippen LogP contribution >= 0.6 is 34.8 Å². The third kappa shape index (κ3) is 6.18. The summed E-state index contributed by atoms with van der Waals surface area (Å²) in [6.07, 6.45) is 1.14. The van der Waals surface area contributed by atoms with Crippen molar-refractivity contribution >= 4 is 34.8 Å². The van der Waals surface area contributed by atoms with Crippen molar-refractivity contribution < 1.29 is 4.74 Å². The Hall–Kier alpha value is -0.930. The molecule has 0 atom stereocenters. The van der Waals surface area contributed by atoms with Gasteiger partial charge in [0.15, 0.2) is 0 Å². The van der Waals surface area contributed by atoms with Crippen LogP contribution in [0.1, 0.15) is 31.4 Å². The summed E-state index contributed by atoms with van der Waals surface area (Å²) in [7, 11) is 0. The lowest BCUT2D eigenvalue weighted by Crippen LogP contribution is -2.17. The molecule has 0 amide bonds. The van der Waals surface area contributed by atoms with Gasteiger partial charge in [0.05, 0.1) is 10.0 Å². The van der Waals surface area contributed by atoms with E-state index < -0.39 is 0 Å². The van der Waals surface area contributed by atoms with Gasteiger partial charge in [0.25, 0.3) is 0 Å². The standard InChI is InChI=1S/C19H22Cl3NO/c1-13(2)7-8-23-11-15-10-16(20)4-6-19(15)24-12-14-3-5-17(21)18(22)9-14/h3-6,9-10,13,23H,7-8,11-12H2,1-2H3. The third-order valence-corrected chi connectivity index (χ3v) is 4.59. The molecule has 0 radical (unpaired) electrons. The van der Waals surface area contributed by atoms with Gasteiger partial charge in [-0.15, -0.1) is 0 Å². The van der Waals surface area contributed by atoms with Gasteiger partial charge >= 0.3 is 0 Å². The van der Waals surface area contributed by atoms with Crippen LogP contribution in [0.25, 0.3) is 0 Å². The SMILES string of the molecule is CC(C)CCNCc1cc(Cl)ccc1OCc1ccc(Cl)c(Cl)c1. The van der Waals surface area contributed by atoms with Gasteiger partial charge in [-0.1, -0.05) is 54.7 Å². The number of hydrogen-bond acceptors (Lipinski definition) is 2. The molecule has 0 saturated carbocycles. The maximum absolute atomic E-state index is 6.12. The van der Waals surface area contributed by atoms with E-state index in [4.69, 9.17) is 39.5 Å². The van der Waals surface area contributed by atoms with Crippen LogP contribution in [0.3, 0.4) is 0 Å². The number of hydrogen-bond donors (Lipinski definition) is 1. The predicted molar refractivity (Wildman–Crippen MR) is 103 cm³/mol. The summed E-state index contributed by atoms with van der Waals surface area (Å²) in [5.74, 6) is 1.50. The molecule has 1 N–H and O–H groups in total. The molecule has 2 nitrogen and oxygen atoms in total. The van der Waals surface area contributed by atoms with Gasteiger partial charge in [-0.2, -0.15) is 0 Å². The monoisotopic (exact) mass is 385 g/mol. The van der Waals surface area contributed by atoms with E-state index >= 15 is 0 Å². The summed E-state index contributed by atoms with van der Waals surface area (Å²) in [6, 6.07) is 11.2. The fourth-order valence-corrected chi connectivity index (χ4v) is 2.75. The Bertz CT molecular complexity index is 674. The number of ether oxygens (including phenoxy) is 1. The molecule has 0 spiro atoms. The van der Waals surface area contributed by atoms with Crippen molar-refractivity contribution in [2.24, 2.45) is 5.92 Å². The van der Waals surface area contributed by atoms with Gasteiger partial charge in [-0.05, 0) is 54.8 Å². The molecule has 0 aliphatic carbocycles. The quantitative estimate of drug-likeness (QED) is 0.533. The van der Waals surface area contributed by atoms with E-state index in [1.165, 1.54) is 0 Å². The molecule has 0 fully saturated rings. The number of halogens is 3. The van der Waals surface area contributed by atoms with Crippen LogP contribution in [0.15, 0.2) is 36.4 Å². The highest BCUT2D eigenvalue weighted by Gasteiger charge is 2.07. The maximum Gasteiger partial charge on any atom is 0.124 e. The molecule has 0 bridgehead atoms. The molecule has 0 saturated heterocycles. The van der Waals surface area contributed by atoms with E-state index in [0.29, 0.717) is 27.6 Å². The fourth-order valence-electron chi connectivity index (χ4n) is 2.23. The van der Waals surface area contributed by atoms with Crippen LogP contribution in [0.5, 0.6) is 5.75 Å². The van der Waals surface area contributed by atoms with E-state index in [9.17, 15) is 0 Å². The molecule has 0 heterocycles. The van der Waals surface area contributed by atoms with Gasteiger partial charge in [-0.3, -0.25) is 0 Å². The molecule has 0 unspecified atom stereocenters. The average Bonchev–Trinajstić information content (AvgIpc) is 2.53. The first-order valence-corrected chi connectivity index (χ1v) is 9.15. The highest BCUT2D eigenvalue weighted by atomic mass is 35.5. The minimum absolute atomic E-state index is 0.428. The Morgan fingerprint density at radius 2 is 1.79 bits per heavy atom. The minimum atomic E-state index is 0.428. The maximum atomic E-state index is 6.12. The predicted octanol–water partition coefficient (Wildman–Crippen LogP) is 6.36. The molecule has 2 aromatic rings. The zero-order valence-corrected chi connectivity index (χ0v) is 16.2. The molecule has 2 aromatic carbocycles. The molecule has 130 valence electrons. The highest BCUT2D eigenvalue weighted by Crippen LogP contribution is 2.26. The van der Waals surface area contributed by atoms with Gasteiger partial charge < -0.3 is 10.1 Å². The molecule has 0 aliphatic rings. The van der Waals surface area contributed by atoms with Crippen molar-refractivity contribution in [1.82, 2.24) is 5.32 Å². The lowest BCUT2D eigenvalue weighted by atomic mass is 10.1. The summed E-state index contributed by atoms with van der Waals surface area (Å²) in [5, 5.41) is 5.22. The Labute approximate surface area is 159 Å². The summed E-state index contributed by atoms with van der Waals surface area (Å²) >= 11 is 18.1. The largest absolute Gasteiger partial charge is 0.489 e. The average molecular weight is 387 g/mol. The molecule has 0 aromatic heterocycles. The summed E-state index contributed by atoms with van der Waals surface area (Å²) in [6.45, 7) is 6.55. The summed E-state index contributed by atoms with van der Waals surface area (Å²) in [4.78, 5) is 0. The van der Waals surface area contributed by atoms with Crippen molar-refractivity contribution in [3.8, 4) is 5.75 Å². The van der Waals surface area contributed by atoms with Crippen molar-refractivity contribution in [3.63, 3.8) is 0 Å². The minimum Gasteiger partial charge on any atom is -0.489 e. The van der Waals surface area contributed by atoms with Crippen molar-refractivity contribution in [2.75, 3.05) is 6.54 Å². The molecule has 2 rings (SSSR count). The zero-order chi connectivity index (χ0) is 17.5. The Morgan fingerprint density at radius 1 is 1.00 bits per heavy atom. The molecule has 5 heteroatoms. The van der Waals surface area contributed by atoms with Gasteiger partial charge in [0.2, 0.25) is 0 Å². The second-order valence-electron chi connectivity index (χ2n) is 6.15. The van der Waals surface area contributed by atoms with E-state index in [0.717, 1.165) is 36.4 Å². The van der Waals surface area contributed by atoms with Crippen molar-refractivity contribution in [3.05, 3.63) is 62.6 Å². The fraction of sp³-hybridized carbons (Fsp3) is 0.368. The summed E-state index contributed by atoms with van der Waals surface area (Å²) < 4.78 is 5.95. The number of nitrogens with one attached hydrogen (secondary N) is 1. The Balaban J connectivity index is 1.99. The van der Waals surface area contributed by atoms with Crippen LogP contribution in [0, 0.1) is 5.92 Å². The smallest absolute Gasteiger partial charge is 0.124 e. The van der Waals surface area contributed by atoms with Crippen LogP contribution in [0.2, 0.25) is 15.1 Å². The van der Waals surface area contributed by atoms with Crippen LogP contribution in [-0.4, -0.2) is 6.54 Å². The Morgan fingerprint density at radius 3 is 2.50 bits per heavy atom. The third-order valence-electron chi connectivity index (χ3n) is 3.61. The van der Waals surface area contributed by atoms with E-state index in [2.05, 4.69) is 19.2 Å². The Kier molecular flexibility index (Phi) is 7.70. The van der Waals surface area contributed by atoms with E-state index in [1.54, 1.807) is 6.07 Å². The second kappa shape index (κ2) is 9.53. The molecule has 24 heavy (non-hydrogen) atoms. The lowest BCUT2D eigenvalue weighted by Gasteiger charge is -2.14. The molecular weight excluding hydrogens is 365 g/mol. The first kappa shape index (κ1) is 19.4. The van der Waals surface area contributed by atoms with Crippen LogP contribution in [-0.2, 0) is 13.2 Å². The van der Waals surface area contributed by atoms with Gasteiger partial charge in [0.1, 0.15) is 12.4 Å². The molecule has 0 aliphatic heterocycles. The second-order valence-corrected chi connectivity index (χ2v) is 7.40. The lowest BCUT2D eigenvalue weighted by molar-refractivity contribution is 0.302. The van der Waals surface area contributed by atoms with Crippen LogP contribution < -0.4 is 10.1 Å². The first-order chi connectivity index (χ1) is 11.5. The van der Waals surface area contributed by atoms with Crippen molar-refractivity contribution in [1.29, 1.82) is 0 Å². The van der Waals surface area contributed by atoms with E-state index in [1.807, 2.05) is 30.3 Å². The van der Waals surface area contributed by atoms with Gasteiger partial charge in [-0.25, -0.2) is 0 Å². The number of rotatable bonds is 8.